The number of nitrogens with one attached hydrogen (secondary N) is 2. The maximum Gasteiger partial charge on any atom is 0.270 e. The zero-order chi connectivity index (χ0) is 21.6. The third-order valence-electron chi connectivity index (χ3n) is 4.89. The zero-order valence-electron chi connectivity index (χ0n) is 16.2. The van der Waals surface area contributed by atoms with Gasteiger partial charge < -0.3 is 15.2 Å². The molecule has 10 heteroatoms. The van der Waals surface area contributed by atoms with Gasteiger partial charge in [0.05, 0.1) is 23.6 Å². The molecule has 1 saturated heterocycles. The second-order valence-electron chi connectivity index (χ2n) is 6.99. The van der Waals surface area contributed by atoms with E-state index in [9.17, 15) is 18.3 Å². The predicted molar refractivity (Wildman–Crippen MR) is 112 cm³/mol. The highest BCUT2D eigenvalue weighted by molar-refractivity contribution is 7.89. The van der Waals surface area contributed by atoms with Gasteiger partial charge in [-0.05, 0) is 55.7 Å². The third kappa shape index (κ3) is 5.99. The zero-order valence-corrected chi connectivity index (χ0v) is 17.8. The van der Waals surface area contributed by atoms with Crippen molar-refractivity contribution in [3.05, 3.63) is 59.4 Å². The number of sulfonamides is 1. The van der Waals surface area contributed by atoms with Gasteiger partial charge in [0.25, 0.3) is 5.91 Å². The van der Waals surface area contributed by atoms with E-state index >= 15 is 0 Å². The number of ether oxygens (including phenoxy) is 1. The predicted octanol–water partition coefficient (Wildman–Crippen LogP) is 1.74. The Hall–Kier alpha value is -2.04. The van der Waals surface area contributed by atoms with Crippen LogP contribution in [0, 0.1) is 0 Å². The Morgan fingerprint density at radius 2 is 1.97 bits per heavy atom. The number of pyridine rings is 1. The first-order valence-corrected chi connectivity index (χ1v) is 11.5. The van der Waals surface area contributed by atoms with Gasteiger partial charge in [-0.25, -0.2) is 13.1 Å². The summed E-state index contributed by atoms with van der Waals surface area (Å²) in [5, 5.41) is 13.0. The van der Waals surface area contributed by atoms with Crippen LogP contribution in [0.25, 0.3) is 0 Å². The molecule has 8 nitrogen and oxygen atoms in total. The second kappa shape index (κ2) is 10.3. The van der Waals surface area contributed by atoms with E-state index in [1.165, 1.54) is 30.5 Å². The molecular weight excluding hydrogens is 430 g/mol. The normalized spacial score (nSPS) is 21.9. The summed E-state index contributed by atoms with van der Waals surface area (Å²) in [6, 6.07) is 10.6. The highest BCUT2D eigenvalue weighted by Crippen LogP contribution is 2.22. The van der Waals surface area contributed by atoms with Gasteiger partial charge in [-0.3, -0.25) is 9.78 Å². The number of aliphatic hydroxyl groups excluding tert-OH is 1. The number of nitrogens with zero attached hydrogens (tertiary/aromatic N) is 1. The largest absolute Gasteiger partial charge is 0.394 e. The number of halogens is 1. The molecule has 2 aromatic rings. The van der Waals surface area contributed by atoms with Crippen molar-refractivity contribution in [3.63, 3.8) is 0 Å². The first-order valence-electron chi connectivity index (χ1n) is 9.62. The summed E-state index contributed by atoms with van der Waals surface area (Å²) in [4.78, 5) is 16.5. The molecule has 0 saturated carbocycles. The summed E-state index contributed by atoms with van der Waals surface area (Å²) in [5.74, 6) is -0.322. The topological polar surface area (TPSA) is 118 Å². The second-order valence-corrected chi connectivity index (χ2v) is 9.20. The smallest absolute Gasteiger partial charge is 0.270 e. The fourth-order valence-corrected chi connectivity index (χ4v) is 4.47. The summed E-state index contributed by atoms with van der Waals surface area (Å²) < 4.78 is 33.1. The average Bonchev–Trinajstić information content (AvgIpc) is 2.75. The molecule has 0 spiro atoms. The number of carbonyl (C=O) groups is 1. The first kappa shape index (κ1) is 22.6. The van der Waals surface area contributed by atoms with Crippen LogP contribution in [0.15, 0.2) is 53.6 Å². The van der Waals surface area contributed by atoms with E-state index in [0.717, 1.165) is 0 Å². The monoisotopic (exact) mass is 453 g/mol. The number of carbonyl (C=O) groups excluding carboxylic acids is 1. The molecule has 0 aliphatic carbocycles. The van der Waals surface area contributed by atoms with Crippen LogP contribution in [0.2, 0.25) is 5.02 Å². The Morgan fingerprint density at radius 1 is 1.20 bits per heavy atom. The lowest BCUT2D eigenvalue weighted by Crippen LogP contribution is -2.51. The summed E-state index contributed by atoms with van der Waals surface area (Å²) in [7, 11) is -3.63. The quantitative estimate of drug-likeness (QED) is 0.560. The number of rotatable bonds is 8. The van der Waals surface area contributed by atoms with Crippen LogP contribution in [0.3, 0.4) is 0 Å². The van der Waals surface area contributed by atoms with Crippen molar-refractivity contribution < 1.29 is 23.1 Å². The molecule has 3 rings (SSSR count). The van der Waals surface area contributed by atoms with Crippen LogP contribution in [0.1, 0.15) is 29.8 Å². The van der Waals surface area contributed by atoms with E-state index in [1.807, 2.05) is 0 Å². The fraction of sp³-hybridized carbons (Fsp3) is 0.400. The molecule has 1 aliphatic heterocycles. The molecular formula is C20H24ClN3O5S. The van der Waals surface area contributed by atoms with Crippen molar-refractivity contribution in [3.8, 4) is 0 Å². The minimum Gasteiger partial charge on any atom is -0.394 e. The Labute approximate surface area is 180 Å². The minimum absolute atomic E-state index is 0.141. The molecule has 1 aromatic heterocycles. The molecule has 30 heavy (non-hydrogen) atoms. The maximum atomic E-state index is 12.3. The molecule has 3 atom stereocenters. The standard InChI is InChI=1S/C20H24ClN3O5S/c21-14-4-7-16(8-5-14)30(27,28)23-12-10-15-6-9-17(19(13-25)29-15)24-20(26)18-3-1-2-11-22-18/h1-5,7-8,11,15,17,19,23,25H,6,9-10,12-13H2,(H,24,26)/t15-,17-,19-/m1/s1. The lowest BCUT2D eigenvalue weighted by Gasteiger charge is -2.36. The molecule has 1 aliphatic rings. The van der Waals surface area contributed by atoms with Crippen LogP contribution >= 0.6 is 11.6 Å². The number of benzene rings is 1. The molecule has 1 fully saturated rings. The summed E-state index contributed by atoms with van der Waals surface area (Å²) >= 11 is 5.79. The van der Waals surface area contributed by atoms with Crippen LogP contribution in [-0.2, 0) is 14.8 Å². The third-order valence-corrected chi connectivity index (χ3v) is 6.62. The van der Waals surface area contributed by atoms with Gasteiger partial charge in [0, 0.05) is 17.8 Å². The van der Waals surface area contributed by atoms with Gasteiger partial charge >= 0.3 is 0 Å². The number of hydrogen-bond donors (Lipinski definition) is 3. The van der Waals surface area contributed by atoms with E-state index in [1.54, 1.807) is 18.2 Å². The van der Waals surface area contributed by atoms with Crippen LogP contribution in [0.5, 0.6) is 0 Å². The molecule has 162 valence electrons. The van der Waals surface area contributed by atoms with Gasteiger partial charge in [-0.1, -0.05) is 17.7 Å². The molecule has 3 N–H and O–H groups in total. The summed E-state index contributed by atoms with van der Waals surface area (Å²) in [6.07, 6.45) is 2.44. The highest BCUT2D eigenvalue weighted by atomic mass is 35.5. The highest BCUT2D eigenvalue weighted by Gasteiger charge is 2.32. The van der Waals surface area contributed by atoms with E-state index in [4.69, 9.17) is 16.3 Å². The molecule has 1 aromatic carbocycles. The summed E-state index contributed by atoms with van der Waals surface area (Å²) in [6.45, 7) is -0.0566. The molecule has 0 unspecified atom stereocenters. The van der Waals surface area contributed by atoms with E-state index in [0.29, 0.717) is 30.0 Å². The summed E-state index contributed by atoms with van der Waals surface area (Å²) in [5.41, 5.74) is 0.299. The van der Waals surface area contributed by atoms with Crippen molar-refractivity contribution in [2.24, 2.45) is 0 Å². The number of amides is 1. The van der Waals surface area contributed by atoms with E-state index in [2.05, 4.69) is 15.0 Å². The van der Waals surface area contributed by atoms with Crippen molar-refractivity contribution >= 4 is 27.5 Å². The lowest BCUT2D eigenvalue weighted by atomic mass is 9.97. The van der Waals surface area contributed by atoms with E-state index in [-0.39, 0.29) is 36.1 Å². The lowest BCUT2D eigenvalue weighted by molar-refractivity contribution is -0.0891. The van der Waals surface area contributed by atoms with Crippen molar-refractivity contribution in [1.29, 1.82) is 0 Å². The fourth-order valence-electron chi connectivity index (χ4n) is 3.30. The SMILES string of the molecule is O=C(N[C@@H]1CC[C@H](CCNS(=O)(=O)c2ccc(Cl)cc2)O[C@@H]1CO)c1ccccn1. The number of aromatic nitrogens is 1. The van der Waals surface area contributed by atoms with Gasteiger partial charge in [-0.15, -0.1) is 0 Å². The van der Waals surface area contributed by atoms with Gasteiger partial charge in [0.2, 0.25) is 10.0 Å². The maximum absolute atomic E-state index is 12.3. The Bertz CT molecular complexity index is 941. The number of hydrogen-bond acceptors (Lipinski definition) is 6. The van der Waals surface area contributed by atoms with Crippen molar-refractivity contribution in [1.82, 2.24) is 15.0 Å². The van der Waals surface area contributed by atoms with Crippen molar-refractivity contribution in [2.75, 3.05) is 13.2 Å². The van der Waals surface area contributed by atoms with Crippen LogP contribution in [-0.4, -0.2) is 55.8 Å². The van der Waals surface area contributed by atoms with Crippen LogP contribution in [0.4, 0.5) is 0 Å². The van der Waals surface area contributed by atoms with Crippen LogP contribution < -0.4 is 10.0 Å². The van der Waals surface area contributed by atoms with E-state index < -0.39 is 16.1 Å². The molecule has 0 bridgehead atoms. The molecule has 2 heterocycles. The Balaban J connectivity index is 1.49. The van der Waals surface area contributed by atoms with Gasteiger partial charge in [-0.2, -0.15) is 0 Å². The average molecular weight is 454 g/mol. The number of aliphatic hydroxyl groups is 1. The minimum atomic E-state index is -3.63. The van der Waals surface area contributed by atoms with Crippen molar-refractivity contribution in [2.45, 2.75) is 42.4 Å². The van der Waals surface area contributed by atoms with Gasteiger partial charge in [0.1, 0.15) is 11.8 Å². The van der Waals surface area contributed by atoms with Gasteiger partial charge in [0.15, 0.2) is 0 Å². The first-order chi connectivity index (χ1) is 14.4. The molecule has 1 amide bonds. The Kier molecular flexibility index (Phi) is 7.79. The Morgan fingerprint density at radius 3 is 2.63 bits per heavy atom. The molecule has 0 radical (unpaired) electrons.